The molecule has 0 heterocycles. The van der Waals surface area contributed by atoms with Gasteiger partial charge in [-0.15, -0.1) is 0 Å². The van der Waals surface area contributed by atoms with Gasteiger partial charge in [0, 0.05) is 11.0 Å². The first-order valence-electron chi connectivity index (χ1n) is 7.00. The monoisotopic (exact) mass is 363 g/mol. The molecule has 4 nitrogen and oxygen atoms in total. The van der Waals surface area contributed by atoms with Crippen LogP contribution in [0, 0.1) is 0 Å². The van der Waals surface area contributed by atoms with Gasteiger partial charge < -0.3 is 15.2 Å². The molecule has 0 bridgehead atoms. The van der Waals surface area contributed by atoms with Crippen molar-refractivity contribution in [1.82, 2.24) is 5.32 Å². The van der Waals surface area contributed by atoms with Gasteiger partial charge in [-0.25, -0.2) is 0 Å². The van der Waals surface area contributed by atoms with Gasteiger partial charge in [0.15, 0.2) is 0 Å². The van der Waals surface area contributed by atoms with Crippen molar-refractivity contribution < 1.29 is 14.6 Å². The van der Waals surface area contributed by atoms with E-state index in [0.717, 1.165) is 22.9 Å². The van der Waals surface area contributed by atoms with Gasteiger partial charge in [0.05, 0.1) is 12.7 Å². The molecule has 0 saturated heterocycles. The zero-order valence-electron chi connectivity index (χ0n) is 12.3. The van der Waals surface area contributed by atoms with Crippen molar-refractivity contribution >= 4 is 21.8 Å². The Hall–Kier alpha value is -2.01. The van der Waals surface area contributed by atoms with Crippen LogP contribution in [0.15, 0.2) is 46.9 Å². The second-order valence-electron chi connectivity index (χ2n) is 4.87. The molecule has 2 N–H and O–H groups in total. The highest BCUT2D eigenvalue weighted by Crippen LogP contribution is 2.22. The van der Waals surface area contributed by atoms with Gasteiger partial charge in [0.2, 0.25) is 0 Å². The average Bonchev–Trinajstić information content (AvgIpc) is 2.53. The summed E-state index contributed by atoms with van der Waals surface area (Å²) in [6, 6.07) is 12.4. The second-order valence-corrected chi connectivity index (χ2v) is 5.79. The predicted molar refractivity (Wildman–Crippen MR) is 89.5 cm³/mol. The van der Waals surface area contributed by atoms with Crippen LogP contribution in [-0.2, 0) is 6.42 Å². The van der Waals surface area contributed by atoms with Gasteiger partial charge >= 0.3 is 0 Å². The van der Waals surface area contributed by atoms with E-state index in [1.54, 1.807) is 31.4 Å². The Morgan fingerprint density at radius 2 is 1.95 bits per heavy atom. The first-order valence-corrected chi connectivity index (χ1v) is 7.79. The van der Waals surface area contributed by atoms with Crippen molar-refractivity contribution in [2.45, 2.75) is 12.8 Å². The number of rotatable bonds is 6. The standard InChI is InChI=1S/C17H18BrNO3/c1-22-16-9-6-13(18)11-15(16)17(21)19-10-2-3-12-4-7-14(20)8-5-12/h4-9,11,20H,2-3,10H2,1H3,(H,19,21). The van der Waals surface area contributed by atoms with Gasteiger partial charge in [-0.1, -0.05) is 28.1 Å². The van der Waals surface area contributed by atoms with E-state index in [-0.39, 0.29) is 11.7 Å². The number of carbonyl (C=O) groups excluding carboxylic acids is 1. The van der Waals surface area contributed by atoms with E-state index >= 15 is 0 Å². The number of methoxy groups -OCH3 is 1. The molecule has 0 radical (unpaired) electrons. The van der Waals surface area contributed by atoms with Crippen LogP contribution in [0.4, 0.5) is 0 Å². The summed E-state index contributed by atoms with van der Waals surface area (Å²) in [6.45, 7) is 0.579. The number of benzene rings is 2. The molecule has 2 aromatic rings. The Bertz CT molecular complexity index is 641. The summed E-state index contributed by atoms with van der Waals surface area (Å²) in [5.41, 5.74) is 1.65. The first-order chi connectivity index (χ1) is 10.6. The molecular weight excluding hydrogens is 346 g/mol. The Morgan fingerprint density at radius 3 is 2.64 bits per heavy atom. The van der Waals surface area contributed by atoms with Crippen molar-refractivity contribution in [3.63, 3.8) is 0 Å². The molecule has 5 heteroatoms. The fourth-order valence-electron chi connectivity index (χ4n) is 2.11. The fourth-order valence-corrected chi connectivity index (χ4v) is 2.47. The Kier molecular flexibility index (Phi) is 5.83. The Morgan fingerprint density at radius 1 is 1.23 bits per heavy atom. The number of aryl methyl sites for hydroxylation is 1. The molecule has 2 rings (SSSR count). The maximum absolute atomic E-state index is 12.2. The van der Waals surface area contributed by atoms with E-state index in [9.17, 15) is 9.90 Å². The van der Waals surface area contributed by atoms with E-state index in [0.29, 0.717) is 17.9 Å². The fraction of sp³-hybridized carbons (Fsp3) is 0.235. The molecule has 0 unspecified atom stereocenters. The second kappa shape index (κ2) is 7.84. The summed E-state index contributed by atoms with van der Waals surface area (Å²) in [5.74, 6) is 0.668. The Balaban J connectivity index is 1.85. The number of phenols is 1. The number of phenolic OH excluding ortho intramolecular Hbond substituents is 1. The van der Waals surface area contributed by atoms with Gasteiger partial charge in [0.25, 0.3) is 5.91 Å². The number of ether oxygens (including phenoxy) is 1. The van der Waals surface area contributed by atoms with E-state index in [1.165, 1.54) is 0 Å². The van der Waals surface area contributed by atoms with Gasteiger partial charge in [-0.2, -0.15) is 0 Å². The third-order valence-corrected chi connectivity index (χ3v) is 3.76. The van der Waals surface area contributed by atoms with Crippen molar-refractivity contribution in [2.24, 2.45) is 0 Å². The molecule has 0 aliphatic carbocycles. The number of hydrogen-bond acceptors (Lipinski definition) is 3. The summed E-state index contributed by atoms with van der Waals surface area (Å²) >= 11 is 3.36. The van der Waals surface area contributed by atoms with E-state index in [4.69, 9.17) is 4.74 Å². The van der Waals surface area contributed by atoms with Crippen molar-refractivity contribution in [3.8, 4) is 11.5 Å². The number of aromatic hydroxyl groups is 1. The van der Waals surface area contributed by atoms with Crippen LogP contribution < -0.4 is 10.1 Å². The summed E-state index contributed by atoms with van der Waals surface area (Å²) < 4.78 is 6.04. The van der Waals surface area contributed by atoms with E-state index in [1.807, 2.05) is 18.2 Å². The predicted octanol–water partition coefficient (Wildman–Crippen LogP) is 3.53. The summed E-state index contributed by atoms with van der Waals surface area (Å²) in [4.78, 5) is 12.2. The van der Waals surface area contributed by atoms with Crippen LogP contribution in [-0.4, -0.2) is 24.7 Å². The third-order valence-electron chi connectivity index (χ3n) is 3.27. The lowest BCUT2D eigenvalue weighted by molar-refractivity contribution is 0.0950. The topological polar surface area (TPSA) is 58.6 Å². The van der Waals surface area contributed by atoms with Crippen LogP contribution in [0.5, 0.6) is 11.5 Å². The minimum Gasteiger partial charge on any atom is -0.508 e. The van der Waals surface area contributed by atoms with E-state index in [2.05, 4.69) is 21.2 Å². The van der Waals surface area contributed by atoms with Crippen LogP contribution in [0.2, 0.25) is 0 Å². The van der Waals surface area contributed by atoms with Gasteiger partial charge in [0.1, 0.15) is 11.5 Å². The minimum atomic E-state index is -0.149. The lowest BCUT2D eigenvalue weighted by atomic mass is 10.1. The summed E-state index contributed by atoms with van der Waals surface area (Å²) in [6.07, 6.45) is 1.67. The van der Waals surface area contributed by atoms with Gasteiger partial charge in [-0.05, 0) is 48.7 Å². The normalized spacial score (nSPS) is 10.3. The van der Waals surface area contributed by atoms with Crippen LogP contribution in [0.25, 0.3) is 0 Å². The molecule has 0 atom stereocenters. The van der Waals surface area contributed by atoms with Gasteiger partial charge in [-0.3, -0.25) is 4.79 Å². The summed E-state index contributed by atoms with van der Waals surface area (Å²) in [7, 11) is 1.55. The first kappa shape index (κ1) is 16.4. The number of halogens is 1. The largest absolute Gasteiger partial charge is 0.508 e. The molecule has 1 amide bonds. The highest BCUT2D eigenvalue weighted by Gasteiger charge is 2.12. The zero-order valence-corrected chi connectivity index (χ0v) is 13.9. The lowest BCUT2D eigenvalue weighted by Crippen LogP contribution is -2.25. The third kappa shape index (κ3) is 4.49. The molecule has 0 saturated carbocycles. The van der Waals surface area contributed by atoms with Crippen LogP contribution >= 0.6 is 15.9 Å². The van der Waals surface area contributed by atoms with Crippen LogP contribution in [0.3, 0.4) is 0 Å². The average molecular weight is 364 g/mol. The summed E-state index contributed by atoms with van der Waals surface area (Å²) in [5, 5.41) is 12.1. The maximum Gasteiger partial charge on any atom is 0.255 e. The maximum atomic E-state index is 12.2. The van der Waals surface area contributed by atoms with Crippen LogP contribution in [0.1, 0.15) is 22.3 Å². The van der Waals surface area contributed by atoms with Crippen molar-refractivity contribution in [1.29, 1.82) is 0 Å². The zero-order chi connectivity index (χ0) is 15.9. The number of hydrogen-bond donors (Lipinski definition) is 2. The molecular formula is C17H18BrNO3. The van der Waals surface area contributed by atoms with Crippen molar-refractivity contribution in [2.75, 3.05) is 13.7 Å². The molecule has 22 heavy (non-hydrogen) atoms. The highest BCUT2D eigenvalue weighted by atomic mass is 79.9. The molecule has 0 spiro atoms. The Labute approximate surface area is 138 Å². The molecule has 0 aromatic heterocycles. The molecule has 0 aliphatic heterocycles. The number of nitrogens with one attached hydrogen (secondary N) is 1. The minimum absolute atomic E-state index is 0.149. The molecule has 0 fully saturated rings. The lowest BCUT2D eigenvalue weighted by Gasteiger charge is -2.10. The van der Waals surface area contributed by atoms with E-state index < -0.39 is 0 Å². The highest BCUT2D eigenvalue weighted by molar-refractivity contribution is 9.10. The number of carbonyl (C=O) groups is 1. The molecule has 116 valence electrons. The molecule has 0 aliphatic rings. The smallest absolute Gasteiger partial charge is 0.255 e. The SMILES string of the molecule is COc1ccc(Br)cc1C(=O)NCCCc1ccc(O)cc1. The quantitative estimate of drug-likeness (QED) is 0.771. The molecule has 2 aromatic carbocycles. The van der Waals surface area contributed by atoms with Crippen molar-refractivity contribution in [3.05, 3.63) is 58.1 Å². The number of amides is 1.